The Hall–Kier alpha value is -1.37. The highest BCUT2D eigenvalue weighted by molar-refractivity contribution is 6.64. The van der Waals surface area contributed by atoms with Crippen molar-refractivity contribution in [3.8, 4) is 5.88 Å². The molecule has 0 N–H and O–H groups in total. The summed E-state index contributed by atoms with van der Waals surface area (Å²) in [4.78, 5) is 8.77. The van der Waals surface area contributed by atoms with Gasteiger partial charge >= 0.3 is 7.12 Å². The van der Waals surface area contributed by atoms with Crippen LogP contribution in [-0.4, -0.2) is 35.4 Å². The van der Waals surface area contributed by atoms with Crippen LogP contribution in [0.1, 0.15) is 27.7 Å². The number of benzene rings is 1. The predicted octanol–water partition coefficient (Wildman–Crippen LogP) is 2.59. The molecule has 0 spiro atoms. The van der Waals surface area contributed by atoms with Crippen LogP contribution in [0, 0.1) is 0 Å². The summed E-state index contributed by atoms with van der Waals surface area (Å²) in [6.45, 7) is 8.05. The molecule has 1 aromatic heterocycles. The topological polar surface area (TPSA) is 53.5 Å². The summed E-state index contributed by atoms with van der Waals surface area (Å²) in [5.74, 6) is 0.306. The number of para-hydroxylation sites is 1. The molecule has 2 heterocycles. The van der Waals surface area contributed by atoms with Crippen molar-refractivity contribution in [1.82, 2.24) is 9.97 Å². The molecule has 5 nitrogen and oxygen atoms in total. The van der Waals surface area contributed by atoms with E-state index in [0.717, 1.165) is 5.46 Å². The first-order valence-electron chi connectivity index (χ1n) is 7.11. The SMILES string of the molecule is COc1nc2cccc(B3OC(C)(C)C(C)(C)O3)c2nc1Cl. The largest absolute Gasteiger partial charge is 0.497 e. The van der Waals surface area contributed by atoms with Gasteiger partial charge in [-0.05, 0) is 33.8 Å². The number of hydrogen-bond acceptors (Lipinski definition) is 5. The monoisotopic (exact) mass is 320 g/mol. The van der Waals surface area contributed by atoms with Crippen molar-refractivity contribution in [3.63, 3.8) is 0 Å². The molecule has 116 valence electrons. The fourth-order valence-electron chi connectivity index (χ4n) is 2.35. The van der Waals surface area contributed by atoms with Gasteiger partial charge in [0.15, 0.2) is 5.15 Å². The lowest BCUT2D eigenvalue weighted by atomic mass is 9.78. The molecule has 0 bridgehead atoms. The number of methoxy groups -OCH3 is 1. The molecular weight excluding hydrogens is 302 g/mol. The minimum atomic E-state index is -0.507. The fraction of sp³-hybridized carbons (Fsp3) is 0.467. The van der Waals surface area contributed by atoms with E-state index >= 15 is 0 Å². The van der Waals surface area contributed by atoms with Crippen LogP contribution in [0.3, 0.4) is 0 Å². The minimum absolute atomic E-state index is 0.221. The van der Waals surface area contributed by atoms with Crippen LogP contribution in [0.4, 0.5) is 0 Å². The third kappa shape index (κ3) is 2.35. The molecule has 0 unspecified atom stereocenters. The highest BCUT2D eigenvalue weighted by Crippen LogP contribution is 2.37. The minimum Gasteiger partial charge on any atom is -0.479 e. The highest BCUT2D eigenvalue weighted by atomic mass is 35.5. The molecule has 1 aliphatic rings. The van der Waals surface area contributed by atoms with E-state index in [2.05, 4.69) is 9.97 Å². The van der Waals surface area contributed by atoms with Gasteiger partial charge < -0.3 is 14.0 Å². The summed E-state index contributed by atoms with van der Waals surface area (Å²) in [5, 5.41) is 0.221. The van der Waals surface area contributed by atoms with Crippen LogP contribution in [0.25, 0.3) is 11.0 Å². The molecular formula is C15H18BClN2O3. The Morgan fingerprint density at radius 2 is 1.73 bits per heavy atom. The summed E-state index contributed by atoms with van der Waals surface area (Å²) < 4.78 is 17.3. The Kier molecular flexibility index (Phi) is 3.59. The number of halogens is 1. The Balaban J connectivity index is 2.11. The predicted molar refractivity (Wildman–Crippen MR) is 86.8 cm³/mol. The number of ether oxygens (including phenoxy) is 1. The first-order chi connectivity index (χ1) is 10.2. The molecule has 3 rings (SSSR count). The maximum absolute atomic E-state index is 6.11. The van der Waals surface area contributed by atoms with Crippen LogP contribution in [0.5, 0.6) is 5.88 Å². The molecule has 1 saturated heterocycles. The second-order valence-electron chi connectivity index (χ2n) is 6.33. The van der Waals surface area contributed by atoms with Gasteiger partial charge in [0.05, 0.1) is 29.3 Å². The average Bonchev–Trinajstić information content (AvgIpc) is 2.66. The zero-order chi connectivity index (χ0) is 16.1. The van der Waals surface area contributed by atoms with Crippen molar-refractivity contribution in [2.45, 2.75) is 38.9 Å². The molecule has 22 heavy (non-hydrogen) atoms. The Labute approximate surface area is 135 Å². The summed E-state index contributed by atoms with van der Waals surface area (Å²) >= 11 is 6.11. The molecule has 7 heteroatoms. The smallest absolute Gasteiger partial charge is 0.479 e. The first-order valence-corrected chi connectivity index (χ1v) is 7.49. The molecule has 0 amide bonds. The molecule has 0 aliphatic carbocycles. The lowest BCUT2D eigenvalue weighted by molar-refractivity contribution is 0.00578. The summed E-state index contributed by atoms with van der Waals surface area (Å²) in [6, 6.07) is 5.67. The molecule has 0 saturated carbocycles. The van der Waals surface area contributed by atoms with Gasteiger partial charge in [0.25, 0.3) is 5.88 Å². The number of nitrogens with zero attached hydrogens (tertiary/aromatic N) is 2. The van der Waals surface area contributed by atoms with Gasteiger partial charge in [0.1, 0.15) is 0 Å². The number of hydrogen-bond donors (Lipinski definition) is 0. The average molecular weight is 321 g/mol. The Morgan fingerprint density at radius 1 is 1.09 bits per heavy atom. The second-order valence-corrected chi connectivity index (χ2v) is 6.68. The normalized spacial score (nSPS) is 19.6. The molecule has 1 aromatic carbocycles. The van der Waals surface area contributed by atoms with Crippen molar-refractivity contribution in [2.75, 3.05) is 7.11 Å². The van der Waals surface area contributed by atoms with Gasteiger partial charge in [-0.3, -0.25) is 0 Å². The second kappa shape index (κ2) is 5.08. The molecule has 0 radical (unpaired) electrons. The van der Waals surface area contributed by atoms with E-state index < -0.39 is 18.3 Å². The van der Waals surface area contributed by atoms with E-state index in [9.17, 15) is 0 Å². The van der Waals surface area contributed by atoms with E-state index in [1.54, 1.807) is 0 Å². The van der Waals surface area contributed by atoms with Crippen molar-refractivity contribution >= 4 is 35.2 Å². The van der Waals surface area contributed by atoms with Crippen LogP contribution < -0.4 is 10.2 Å². The van der Waals surface area contributed by atoms with Crippen molar-refractivity contribution in [1.29, 1.82) is 0 Å². The van der Waals surface area contributed by atoms with Crippen LogP contribution in [0.15, 0.2) is 18.2 Å². The van der Waals surface area contributed by atoms with Gasteiger partial charge in [-0.1, -0.05) is 23.7 Å². The van der Waals surface area contributed by atoms with Crippen molar-refractivity contribution < 1.29 is 14.0 Å². The Morgan fingerprint density at radius 3 is 2.32 bits per heavy atom. The van der Waals surface area contributed by atoms with Gasteiger partial charge in [-0.2, -0.15) is 0 Å². The number of fused-ring (bicyclic) bond motifs is 1. The lowest BCUT2D eigenvalue weighted by Gasteiger charge is -2.32. The standard InChI is InChI=1S/C15H18BClN2O3/c1-14(2)15(3,4)22-16(21-14)9-7-6-8-10-11(9)19-12(17)13(18-10)20-5/h6-8H,1-5H3. The third-order valence-electron chi connectivity index (χ3n) is 4.35. The van der Waals surface area contributed by atoms with E-state index in [1.807, 2.05) is 45.9 Å². The molecule has 0 atom stereocenters. The van der Waals surface area contributed by atoms with E-state index in [-0.39, 0.29) is 5.15 Å². The summed E-state index contributed by atoms with van der Waals surface area (Å²) in [5.41, 5.74) is 1.33. The lowest BCUT2D eigenvalue weighted by Crippen LogP contribution is -2.41. The zero-order valence-corrected chi connectivity index (χ0v) is 14.1. The van der Waals surface area contributed by atoms with Gasteiger partial charge in [-0.25, -0.2) is 9.97 Å². The zero-order valence-electron chi connectivity index (χ0n) is 13.3. The van der Waals surface area contributed by atoms with Crippen LogP contribution >= 0.6 is 11.6 Å². The van der Waals surface area contributed by atoms with Gasteiger partial charge in [0.2, 0.25) is 0 Å². The van der Waals surface area contributed by atoms with E-state index in [1.165, 1.54) is 7.11 Å². The summed E-state index contributed by atoms with van der Waals surface area (Å²) in [7, 11) is 1.01. The van der Waals surface area contributed by atoms with E-state index in [0.29, 0.717) is 16.9 Å². The van der Waals surface area contributed by atoms with Crippen LogP contribution in [0.2, 0.25) is 5.15 Å². The summed E-state index contributed by atoms with van der Waals surface area (Å²) in [6.07, 6.45) is 0. The number of rotatable bonds is 2. The Bertz CT molecular complexity index is 720. The molecule has 1 fully saturated rings. The third-order valence-corrected chi connectivity index (χ3v) is 4.60. The van der Waals surface area contributed by atoms with Crippen molar-refractivity contribution in [2.24, 2.45) is 0 Å². The molecule has 2 aromatic rings. The van der Waals surface area contributed by atoms with Gasteiger partial charge in [-0.15, -0.1) is 0 Å². The highest BCUT2D eigenvalue weighted by Gasteiger charge is 2.52. The maximum atomic E-state index is 6.11. The van der Waals surface area contributed by atoms with Crippen LogP contribution in [-0.2, 0) is 9.31 Å². The van der Waals surface area contributed by atoms with Gasteiger partial charge in [0, 0.05) is 5.46 Å². The quantitative estimate of drug-likeness (QED) is 0.796. The first kappa shape index (κ1) is 15.5. The molecule has 1 aliphatic heterocycles. The van der Waals surface area contributed by atoms with E-state index in [4.69, 9.17) is 25.6 Å². The number of aromatic nitrogens is 2. The maximum Gasteiger partial charge on any atom is 0.497 e. The van der Waals surface area contributed by atoms with Crippen molar-refractivity contribution in [3.05, 3.63) is 23.4 Å². The fourth-order valence-corrected chi connectivity index (χ4v) is 2.56.